The van der Waals surface area contributed by atoms with E-state index in [1.54, 1.807) is 36.0 Å². The highest BCUT2D eigenvalue weighted by Gasteiger charge is 2.36. The molecular weight excluding hydrogens is 365 g/mol. The minimum atomic E-state index is -4.62. The second kappa shape index (κ2) is 9.11. The first-order chi connectivity index (χ1) is 12.8. The third-order valence-corrected chi connectivity index (χ3v) is 3.27. The Hall–Kier alpha value is -2.97. The standard InChI is InChI=1S/C18H19F3N2O4/c1-3-25-16(18(19,20)21)12-27-14-7-5-13(6-8-14)11-23-10-9-15(22-23)17(24)26-4-2/h5-10,12H,3-4,11H2,1-2H3/b16-12-. The van der Waals surface area contributed by atoms with Crippen LogP contribution < -0.4 is 4.74 Å². The predicted octanol–water partition coefficient (Wildman–Crippen LogP) is 3.93. The van der Waals surface area contributed by atoms with E-state index >= 15 is 0 Å². The molecule has 0 aliphatic carbocycles. The molecule has 0 saturated heterocycles. The number of hydrogen-bond acceptors (Lipinski definition) is 5. The zero-order valence-electron chi connectivity index (χ0n) is 14.8. The number of ether oxygens (including phenoxy) is 3. The summed E-state index contributed by atoms with van der Waals surface area (Å²) in [6.45, 7) is 3.69. The van der Waals surface area contributed by atoms with Gasteiger partial charge in [0.1, 0.15) is 12.0 Å². The molecule has 0 bridgehead atoms. The Kier molecular flexibility index (Phi) is 6.86. The highest BCUT2D eigenvalue weighted by atomic mass is 19.4. The molecule has 9 heteroatoms. The highest BCUT2D eigenvalue weighted by Crippen LogP contribution is 2.27. The van der Waals surface area contributed by atoms with Crippen LogP contribution in [0.1, 0.15) is 29.9 Å². The molecule has 1 aromatic carbocycles. The summed E-state index contributed by atoms with van der Waals surface area (Å²) in [6.07, 6.45) is -2.44. The zero-order chi connectivity index (χ0) is 19.9. The summed E-state index contributed by atoms with van der Waals surface area (Å²) < 4.78 is 54.1. The van der Waals surface area contributed by atoms with Gasteiger partial charge >= 0.3 is 12.1 Å². The molecule has 0 unspecified atom stereocenters. The van der Waals surface area contributed by atoms with Gasteiger partial charge in [-0.15, -0.1) is 0 Å². The van der Waals surface area contributed by atoms with E-state index in [0.29, 0.717) is 12.8 Å². The normalized spacial score (nSPS) is 12.0. The van der Waals surface area contributed by atoms with Crippen molar-refractivity contribution in [2.24, 2.45) is 0 Å². The minimum Gasteiger partial charge on any atom is -0.487 e. The lowest BCUT2D eigenvalue weighted by Crippen LogP contribution is -2.15. The van der Waals surface area contributed by atoms with Gasteiger partial charge in [-0.2, -0.15) is 18.3 Å². The summed E-state index contributed by atoms with van der Waals surface area (Å²) in [5, 5.41) is 4.11. The van der Waals surface area contributed by atoms with E-state index < -0.39 is 17.9 Å². The fourth-order valence-electron chi connectivity index (χ4n) is 2.08. The number of allylic oxidation sites excluding steroid dienone is 1. The maximum Gasteiger partial charge on any atom is 0.452 e. The second-order valence-electron chi connectivity index (χ2n) is 5.29. The van der Waals surface area contributed by atoms with E-state index in [1.165, 1.54) is 19.1 Å². The predicted molar refractivity (Wildman–Crippen MR) is 90.1 cm³/mol. The molecule has 27 heavy (non-hydrogen) atoms. The van der Waals surface area contributed by atoms with Crippen molar-refractivity contribution in [3.63, 3.8) is 0 Å². The van der Waals surface area contributed by atoms with E-state index in [9.17, 15) is 18.0 Å². The summed E-state index contributed by atoms with van der Waals surface area (Å²) in [6, 6.07) is 7.97. The van der Waals surface area contributed by atoms with Gasteiger partial charge in [-0.05, 0) is 37.6 Å². The van der Waals surface area contributed by atoms with Crippen LogP contribution in [0.5, 0.6) is 5.75 Å². The minimum absolute atomic E-state index is 0.120. The van der Waals surface area contributed by atoms with Crippen LogP contribution in [-0.4, -0.2) is 35.1 Å². The smallest absolute Gasteiger partial charge is 0.452 e. The molecular formula is C18H19F3N2O4. The number of carbonyl (C=O) groups excluding carboxylic acids is 1. The van der Waals surface area contributed by atoms with Crippen molar-refractivity contribution >= 4 is 5.97 Å². The number of carbonyl (C=O) groups is 1. The van der Waals surface area contributed by atoms with Gasteiger partial charge in [-0.1, -0.05) is 12.1 Å². The van der Waals surface area contributed by atoms with Crippen LogP contribution in [0.15, 0.2) is 48.5 Å². The number of aromatic nitrogens is 2. The number of halogens is 3. The largest absolute Gasteiger partial charge is 0.487 e. The number of esters is 1. The SMILES string of the molecule is CCOC(=O)c1ccn(Cc2ccc(O/C=C(\OCC)C(F)(F)F)cc2)n1. The molecule has 2 aromatic rings. The molecule has 0 amide bonds. The Morgan fingerprint density at radius 2 is 1.78 bits per heavy atom. The first kappa shape index (κ1) is 20.3. The highest BCUT2D eigenvalue weighted by molar-refractivity contribution is 5.86. The van der Waals surface area contributed by atoms with Crippen molar-refractivity contribution in [3.8, 4) is 5.75 Å². The van der Waals surface area contributed by atoms with E-state index in [4.69, 9.17) is 9.47 Å². The molecule has 0 spiro atoms. The van der Waals surface area contributed by atoms with Gasteiger partial charge in [0.2, 0.25) is 5.76 Å². The second-order valence-corrected chi connectivity index (χ2v) is 5.29. The molecule has 0 saturated carbocycles. The van der Waals surface area contributed by atoms with Crippen molar-refractivity contribution in [3.05, 3.63) is 59.8 Å². The molecule has 1 heterocycles. The third kappa shape index (κ3) is 6.05. The maximum absolute atomic E-state index is 12.7. The van der Waals surface area contributed by atoms with Crippen molar-refractivity contribution in [2.75, 3.05) is 13.2 Å². The molecule has 6 nitrogen and oxygen atoms in total. The molecule has 1 aromatic heterocycles. The average Bonchev–Trinajstić information content (AvgIpc) is 3.08. The van der Waals surface area contributed by atoms with E-state index in [0.717, 1.165) is 5.56 Å². The first-order valence-corrected chi connectivity index (χ1v) is 8.19. The number of rotatable bonds is 8. The summed E-state index contributed by atoms with van der Waals surface area (Å²) in [5.74, 6) is -1.47. The van der Waals surface area contributed by atoms with Crippen LogP contribution in [0.2, 0.25) is 0 Å². The van der Waals surface area contributed by atoms with Gasteiger partial charge in [-0.3, -0.25) is 4.68 Å². The molecule has 0 aliphatic heterocycles. The Balaban J connectivity index is 2.00. The first-order valence-electron chi connectivity index (χ1n) is 8.19. The van der Waals surface area contributed by atoms with E-state index in [2.05, 4.69) is 9.84 Å². The third-order valence-electron chi connectivity index (χ3n) is 3.27. The summed E-state index contributed by atoms with van der Waals surface area (Å²) in [4.78, 5) is 11.6. The average molecular weight is 384 g/mol. The zero-order valence-corrected chi connectivity index (χ0v) is 14.8. The van der Waals surface area contributed by atoms with Gasteiger partial charge in [0.25, 0.3) is 0 Å². The number of benzene rings is 1. The Morgan fingerprint density at radius 3 is 2.37 bits per heavy atom. The molecule has 0 N–H and O–H groups in total. The lowest BCUT2D eigenvalue weighted by molar-refractivity contribution is -0.132. The summed E-state index contributed by atoms with van der Waals surface area (Å²) in [5.41, 5.74) is 1.03. The Labute approximate surface area is 154 Å². The lowest BCUT2D eigenvalue weighted by Gasteiger charge is -2.12. The van der Waals surface area contributed by atoms with Gasteiger partial charge in [0.15, 0.2) is 5.69 Å². The van der Waals surface area contributed by atoms with Crippen LogP contribution in [0.25, 0.3) is 0 Å². The Morgan fingerprint density at radius 1 is 1.11 bits per heavy atom. The van der Waals surface area contributed by atoms with Crippen LogP contribution in [0.3, 0.4) is 0 Å². The van der Waals surface area contributed by atoms with E-state index in [1.807, 2.05) is 0 Å². The molecule has 0 atom stereocenters. The molecule has 0 fully saturated rings. The summed E-state index contributed by atoms with van der Waals surface area (Å²) >= 11 is 0. The van der Waals surface area contributed by atoms with Crippen LogP contribution in [0.4, 0.5) is 13.2 Å². The van der Waals surface area contributed by atoms with Crippen molar-refractivity contribution in [1.82, 2.24) is 9.78 Å². The van der Waals surface area contributed by atoms with Crippen molar-refractivity contribution in [1.29, 1.82) is 0 Å². The lowest BCUT2D eigenvalue weighted by atomic mass is 10.2. The monoisotopic (exact) mass is 384 g/mol. The van der Waals surface area contributed by atoms with Crippen LogP contribution >= 0.6 is 0 Å². The maximum atomic E-state index is 12.7. The number of alkyl halides is 3. The van der Waals surface area contributed by atoms with Crippen molar-refractivity contribution in [2.45, 2.75) is 26.6 Å². The molecule has 2 rings (SSSR count). The van der Waals surface area contributed by atoms with Gasteiger partial charge < -0.3 is 14.2 Å². The quantitative estimate of drug-likeness (QED) is 0.510. The van der Waals surface area contributed by atoms with Crippen LogP contribution in [0, 0.1) is 0 Å². The van der Waals surface area contributed by atoms with Crippen LogP contribution in [-0.2, 0) is 16.0 Å². The van der Waals surface area contributed by atoms with E-state index in [-0.39, 0.29) is 24.7 Å². The topological polar surface area (TPSA) is 62.6 Å². The van der Waals surface area contributed by atoms with Gasteiger partial charge in [0, 0.05) is 6.20 Å². The number of nitrogens with zero attached hydrogens (tertiary/aromatic N) is 2. The number of hydrogen-bond donors (Lipinski definition) is 0. The fourth-order valence-corrected chi connectivity index (χ4v) is 2.08. The van der Waals surface area contributed by atoms with Gasteiger partial charge in [0.05, 0.1) is 19.8 Å². The molecule has 0 aliphatic rings. The van der Waals surface area contributed by atoms with Crippen molar-refractivity contribution < 1.29 is 32.2 Å². The Bertz CT molecular complexity index is 783. The molecule has 0 radical (unpaired) electrons. The van der Waals surface area contributed by atoms with Gasteiger partial charge in [-0.25, -0.2) is 4.79 Å². The summed E-state index contributed by atoms with van der Waals surface area (Å²) in [7, 11) is 0. The molecule has 146 valence electrons. The fraction of sp³-hybridized carbons (Fsp3) is 0.333.